The summed E-state index contributed by atoms with van der Waals surface area (Å²) in [5.41, 5.74) is -0.983. The van der Waals surface area contributed by atoms with E-state index in [1.54, 1.807) is 0 Å². The van der Waals surface area contributed by atoms with Crippen molar-refractivity contribution in [2.24, 2.45) is 5.41 Å². The summed E-state index contributed by atoms with van der Waals surface area (Å²) in [6.07, 6.45) is -4.60. The number of phenolic OH excluding ortho intramolecular Hbond substituents is 1. The fourth-order valence-electron chi connectivity index (χ4n) is 1.81. The molecule has 0 spiro atoms. The van der Waals surface area contributed by atoms with E-state index in [9.17, 15) is 18.3 Å². The Bertz CT molecular complexity index is 464. The van der Waals surface area contributed by atoms with Crippen LogP contribution in [0.3, 0.4) is 0 Å². The van der Waals surface area contributed by atoms with Crippen molar-refractivity contribution >= 4 is 12.6 Å². The lowest BCUT2D eigenvalue weighted by atomic mass is 9.75. The predicted octanol–water partition coefficient (Wildman–Crippen LogP) is 2.18. The lowest BCUT2D eigenvalue weighted by molar-refractivity contribution is -0.138. The van der Waals surface area contributed by atoms with Crippen LogP contribution in [0.5, 0.6) is 5.75 Å². The third-order valence-electron chi connectivity index (χ3n) is 2.85. The van der Waals surface area contributed by atoms with Gasteiger partial charge in [0.2, 0.25) is 0 Å². The summed E-state index contributed by atoms with van der Waals surface area (Å²) in [6.45, 7) is 4.70. The zero-order valence-corrected chi connectivity index (χ0v) is 10.6. The van der Waals surface area contributed by atoms with Crippen LogP contribution in [-0.4, -0.2) is 25.4 Å². The minimum absolute atomic E-state index is 0.153. The molecule has 3 nitrogen and oxygen atoms in total. The first-order chi connectivity index (χ1) is 8.69. The molecular formula is C12H14BF3O3. The van der Waals surface area contributed by atoms with E-state index in [2.05, 4.69) is 0 Å². The number of hydrogen-bond acceptors (Lipinski definition) is 3. The van der Waals surface area contributed by atoms with Gasteiger partial charge in [-0.3, -0.25) is 0 Å². The van der Waals surface area contributed by atoms with Gasteiger partial charge < -0.3 is 14.4 Å². The fraction of sp³-hybridized carbons (Fsp3) is 0.500. The van der Waals surface area contributed by atoms with Crippen LogP contribution in [0.1, 0.15) is 19.4 Å². The summed E-state index contributed by atoms with van der Waals surface area (Å²) in [5.74, 6) is -0.799. The maximum atomic E-state index is 12.7. The third kappa shape index (κ3) is 3.22. The monoisotopic (exact) mass is 274 g/mol. The predicted molar refractivity (Wildman–Crippen MR) is 64.2 cm³/mol. The zero-order chi connectivity index (χ0) is 14.3. The molecule has 104 valence electrons. The highest BCUT2D eigenvalue weighted by Gasteiger charge is 2.38. The van der Waals surface area contributed by atoms with E-state index in [1.807, 2.05) is 13.8 Å². The first kappa shape index (κ1) is 14.2. The topological polar surface area (TPSA) is 38.7 Å². The van der Waals surface area contributed by atoms with Crippen molar-refractivity contribution in [3.63, 3.8) is 0 Å². The fourth-order valence-corrected chi connectivity index (χ4v) is 1.81. The standard InChI is InChI=1S/C12H14BF3O3/c1-11(2)6-18-13(19-7-11)8-3-4-10(17)9(5-8)12(14,15)16/h3-5,17H,6-7H2,1-2H3. The molecule has 2 rings (SSSR count). The molecule has 1 N–H and O–H groups in total. The average Bonchev–Trinajstić information content (AvgIpc) is 2.28. The second-order valence-electron chi connectivity index (χ2n) is 5.39. The Hall–Kier alpha value is -1.21. The molecule has 1 saturated heterocycles. The van der Waals surface area contributed by atoms with Gasteiger partial charge in [0.15, 0.2) is 0 Å². The van der Waals surface area contributed by atoms with Crippen LogP contribution in [0.15, 0.2) is 18.2 Å². The normalized spacial score (nSPS) is 19.5. The molecule has 0 amide bonds. The molecule has 19 heavy (non-hydrogen) atoms. The van der Waals surface area contributed by atoms with Crippen molar-refractivity contribution in [1.29, 1.82) is 0 Å². The summed E-state index contributed by atoms with van der Waals surface area (Å²) in [4.78, 5) is 0. The molecule has 1 aliphatic rings. The van der Waals surface area contributed by atoms with Gasteiger partial charge in [0.25, 0.3) is 0 Å². The average molecular weight is 274 g/mol. The van der Waals surface area contributed by atoms with Crippen molar-refractivity contribution in [1.82, 2.24) is 0 Å². The Morgan fingerprint density at radius 1 is 1.21 bits per heavy atom. The molecule has 0 bridgehead atoms. The Morgan fingerprint density at radius 3 is 2.32 bits per heavy atom. The number of hydrogen-bond donors (Lipinski definition) is 1. The highest BCUT2D eigenvalue weighted by molar-refractivity contribution is 6.61. The number of alkyl halides is 3. The Kier molecular flexibility index (Phi) is 3.53. The summed E-state index contributed by atoms with van der Waals surface area (Å²) in [6, 6.07) is 3.23. The molecule has 0 atom stereocenters. The van der Waals surface area contributed by atoms with Crippen LogP contribution in [0.4, 0.5) is 13.2 Å². The molecule has 1 aromatic rings. The number of rotatable bonds is 1. The first-order valence-electron chi connectivity index (χ1n) is 5.82. The molecule has 1 fully saturated rings. The molecule has 0 aliphatic carbocycles. The van der Waals surface area contributed by atoms with Gasteiger partial charge in [-0.1, -0.05) is 19.9 Å². The molecule has 0 radical (unpaired) electrons. The van der Waals surface area contributed by atoms with E-state index in [-0.39, 0.29) is 10.9 Å². The number of halogens is 3. The van der Waals surface area contributed by atoms with Gasteiger partial charge >= 0.3 is 13.3 Å². The Balaban J connectivity index is 2.23. The maximum absolute atomic E-state index is 12.7. The summed E-state index contributed by atoms with van der Waals surface area (Å²) in [7, 11) is -0.824. The van der Waals surface area contributed by atoms with Crippen molar-refractivity contribution in [3.05, 3.63) is 23.8 Å². The molecule has 0 saturated carbocycles. The van der Waals surface area contributed by atoms with Crippen molar-refractivity contribution in [3.8, 4) is 5.75 Å². The van der Waals surface area contributed by atoms with Crippen molar-refractivity contribution in [2.75, 3.05) is 13.2 Å². The van der Waals surface area contributed by atoms with Crippen LogP contribution in [-0.2, 0) is 15.5 Å². The number of benzene rings is 1. The molecular weight excluding hydrogens is 260 g/mol. The van der Waals surface area contributed by atoms with Crippen LogP contribution in [0, 0.1) is 5.41 Å². The van der Waals surface area contributed by atoms with Gasteiger partial charge in [-0.2, -0.15) is 13.2 Å². The largest absolute Gasteiger partial charge is 0.507 e. The van der Waals surface area contributed by atoms with Gasteiger partial charge in [0, 0.05) is 18.6 Å². The summed E-state index contributed by atoms with van der Waals surface area (Å²) in [5, 5.41) is 9.25. The van der Waals surface area contributed by atoms with E-state index >= 15 is 0 Å². The molecule has 1 heterocycles. The molecule has 1 aliphatic heterocycles. The SMILES string of the molecule is CC1(C)COB(c2ccc(O)c(C(F)(F)F)c2)OC1. The van der Waals surface area contributed by atoms with Crippen LogP contribution in [0.25, 0.3) is 0 Å². The molecule has 1 aromatic carbocycles. The van der Waals surface area contributed by atoms with E-state index in [0.29, 0.717) is 13.2 Å². The van der Waals surface area contributed by atoms with E-state index < -0.39 is 24.6 Å². The van der Waals surface area contributed by atoms with Gasteiger partial charge in [-0.15, -0.1) is 0 Å². The van der Waals surface area contributed by atoms with Gasteiger partial charge in [0.1, 0.15) is 5.75 Å². The molecule has 0 aromatic heterocycles. The highest BCUT2D eigenvalue weighted by Crippen LogP contribution is 2.35. The number of aromatic hydroxyl groups is 1. The van der Waals surface area contributed by atoms with Gasteiger partial charge in [0.05, 0.1) is 5.56 Å². The second kappa shape index (κ2) is 4.72. The van der Waals surface area contributed by atoms with E-state index in [4.69, 9.17) is 9.31 Å². The maximum Gasteiger partial charge on any atom is 0.493 e. The highest BCUT2D eigenvalue weighted by atomic mass is 19.4. The smallest absolute Gasteiger partial charge is 0.493 e. The summed E-state index contributed by atoms with van der Waals surface area (Å²) >= 11 is 0. The quantitative estimate of drug-likeness (QED) is 0.798. The van der Waals surface area contributed by atoms with E-state index in [1.165, 1.54) is 6.07 Å². The van der Waals surface area contributed by atoms with Crippen molar-refractivity contribution < 1.29 is 27.6 Å². The third-order valence-corrected chi connectivity index (χ3v) is 2.85. The van der Waals surface area contributed by atoms with Crippen LogP contribution < -0.4 is 5.46 Å². The van der Waals surface area contributed by atoms with E-state index in [0.717, 1.165) is 12.1 Å². The lowest BCUT2D eigenvalue weighted by Gasteiger charge is -2.33. The van der Waals surface area contributed by atoms with Gasteiger partial charge in [-0.25, -0.2) is 0 Å². The second-order valence-corrected chi connectivity index (χ2v) is 5.39. The summed E-state index contributed by atoms with van der Waals surface area (Å²) < 4.78 is 48.9. The number of phenols is 1. The molecule has 7 heteroatoms. The molecule has 0 unspecified atom stereocenters. The van der Waals surface area contributed by atoms with Crippen molar-refractivity contribution in [2.45, 2.75) is 20.0 Å². The minimum atomic E-state index is -4.60. The Morgan fingerprint density at radius 2 is 1.79 bits per heavy atom. The Labute approximate surface area is 109 Å². The lowest BCUT2D eigenvalue weighted by Crippen LogP contribution is -2.47. The minimum Gasteiger partial charge on any atom is -0.507 e. The first-order valence-corrected chi connectivity index (χ1v) is 5.82. The zero-order valence-electron chi connectivity index (χ0n) is 10.6. The van der Waals surface area contributed by atoms with Gasteiger partial charge in [-0.05, 0) is 17.6 Å². The van der Waals surface area contributed by atoms with Crippen LogP contribution in [0.2, 0.25) is 0 Å². The van der Waals surface area contributed by atoms with Crippen LogP contribution >= 0.6 is 0 Å².